The summed E-state index contributed by atoms with van der Waals surface area (Å²) >= 11 is 1.71. The van der Waals surface area contributed by atoms with Gasteiger partial charge in [-0.05, 0) is 66.6 Å². The van der Waals surface area contributed by atoms with Crippen molar-refractivity contribution in [1.29, 1.82) is 0 Å². The molecule has 0 atom stereocenters. The topological polar surface area (TPSA) is 52.2 Å². The molecule has 0 aliphatic heterocycles. The fraction of sp³-hybridized carbons (Fsp3) is 0.222. The van der Waals surface area contributed by atoms with Crippen molar-refractivity contribution in [1.82, 2.24) is 13.8 Å². The number of rotatable bonds is 7. The molecular formula is C27H27F2N3O2S. The first-order valence-corrected chi connectivity index (χ1v) is 12.3. The Bertz CT molecular complexity index is 1410. The summed E-state index contributed by atoms with van der Waals surface area (Å²) in [6.07, 6.45) is 0.981. The molecule has 35 heavy (non-hydrogen) atoms. The fourth-order valence-corrected chi connectivity index (χ4v) is 5.32. The highest BCUT2D eigenvalue weighted by Gasteiger charge is 2.21. The Balaban J connectivity index is 0.000000672. The van der Waals surface area contributed by atoms with Crippen molar-refractivity contribution in [2.45, 2.75) is 26.8 Å². The number of para-hydroxylation sites is 1. The molecule has 0 aliphatic carbocycles. The van der Waals surface area contributed by atoms with Gasteiger partial charge in [-0.3, -0.25) is 0 Å². The third kappa shape index (κ3) is 5.24. The van der Waals surface area contributed by atoms with Crippen LogP contribution in [0.3, 0.4) is 0 Å². The van der Waals surface area contributed by atoms with Gasteiger partial charge in [0.2, 0.25) is 0 Å². The van der Waals surface area contributed by atoms with E-state index in [1.54, 1.807) is 18.0 Å². The highest BCUT2D eigenvalue weighted by Crippen LogP contribution is 2.38. The number of hydrogen-bond donors (Lipinski definition) is 1. The van der Waals surface area contributed by atoms with Gasteiger partial charge >= 0.3 is 0 Å². The minimum Gasteiger partial charge on any atom is -0.368 e. The van der Waals surface area contributed by atoms with Crippen molar-refractivity contribution in [3.8, 4) is 11.3 Å². The van der Waals surface area contributed by atoms with E-state index in [1.165, 1.54) is 11.6 Å². The van der Waals surface area contributed by atoms with Gasteiger partial charge in [0, 0.05) is 39.8 Å². The number of aryl methyl sites for hydroxylation is 2. The highest BCUT2D eigenvalue weighted by molar-refractivity contribution is 7.97. The van der Waals surface area contributed by atoms with E-state index in [0.717, 1.165) is 57.5 Å². The Morgan fingerprint density at radius 1 is 0.971 bits per heavy atom. The molecule has 8 heteroatoms. The van der Waals surface area contributed by atoms with Crippen molar-refractivity contribution >= 4 is 33.8 Å². The number of aliphatic hydroxyl groups is 1. The molecule has 5 aromatic rings. The van der Waals surface area contributed by atoms with Crippen LogP contribution in [0.1, 0.15) is 18.2 Å². The molecule has 0 fully saturated rings. The van der Waals surface area contributed by atoms with E-state index in [9.17, 15) is 8.92 Å². The molecule has 0 spiro atoms. The molecule has 0 unspecified atom stereocenters. The maximum absolute atomic E-state index is 14.2. The van der Waals surface area contributed by atoms with E-state index in [4.69, 9.17) is 10.2 Å². The van der Waals surface area contributed by atoms with Crippen LogP contribution in [0, 0.1) is 12.7 Å². The van der Waals surface area contributed by atoms with Crippen LogP contribution in [-0.2, 0) is 17.9 Å². The van der Waals surface area contributed by atoms with Gasteiger partial charge in [-0.15, -0.1) is 0 Å². The second-order valence-electron chi connectivity index (χ2n) is 7.91. The summed E-state index contributed by atoms with van der Waals surface area (Å²) < 4.78 is 28.4. The first-order chi connectivity index (χ1) is 17.1. The SMILES string of the molecule is CCn1c(C)c(-c2nn(SCCc3ccccc3)c3ccccc23)c2cc(F)ccc21.OCOF. The lowest BCUT2D eigenvalue weighted by atomic mass is 10.0. The quantitative estimate of drug-likeness (QED) is 0.255. The summed E-state index contributed by atoms with van der Waals surface area (Å²) in [5, 5.41) is 14.3. The van der Waals surface area contributed by atoms with Gasteiger partial charge < -0.3 is 9.67 Å². The molecule has 5 nitrogen and oxygen atoms in total. The van der Waals surface area contributed by atoms with E-state index in [2.05, 4.69) is 59.8 Å². The van der Waals surface area contributed by atoms with Crippen molar-refractivity contribution < 1.29 is 19.0 Å². The highest BCUT2D eigenvalue weighted by atomic mass is 32.2. The van der Waals surface area contributed by atoms with Crippen LogP contribution in [0.4, 0.5) is 8.92 Å². The van der Waals surface area contributed by atoms with E-state index in [-0.39, 0.29) is 5.82 Å². The van der Waals surface area contributed by atoms with Crippen molar-refractivity contribution in [2.24, 2.45) is 0 Å². The largest absolute Gasteiger partial charge is 0.368 e. The van der Waals surface area contributed by atoms with Gasteiger partial charge in [0.05, 0.1) is 5.52 Å². The molecule has 0 bridgehead atoms. The Hall–Kier alpha value is -3.20. The summed E-state index contributed by atoms with van der Waals surface area (Å²) in [4.78, 5) is 2.60. The van der Waals surface area contributed by atoms with Crippen molar-refractivity contribution in [3.05, 3.63) is 89.9 Å². The average molecular weight is 496 g/mol. The minimum absolute atomic E-state index is 0.219. The normalized spacial score (nSPS) is 11.1. The van der Waals surface area contributed by atoms with Crippen LogP contribution < -0.4 is 0 Å². The summed E-state index contributed by atoms with van der Waals surface area (Å²) in [5.41, 5.74) is 6.52. The summed E-state index contributed by atoms with van der Waals surface area (Å²) in [6.45, 7) is 4.21. The molecular weight excluding hydrogens is 468 g/mol. The van der Waals surface area contributed by atoms with Crippen LogP contribution in [0.2, 0.25) is 0 Å². The first-order valence-electron chi connectivity index (χ1n) is 11.4. The Kier molecular flexibility index (Phi) is 8.17. The number of aromatic nitrogens is 3. The van der Waals surface area contributed by atoms with Gasteiger partial charge in [-0.1, -0.05) is 48.5 Å². The molecule has 182 valence electrons. The molecule has 2 aromatic heterocycles. The summed E-state index contributed by atoms with van der Waals surface area (Å²) in [6, 6.07) is 23.9. The first kappa shape index (κ1) is 24.9. The van der Waals surface area contributed by atoms with Crippen molar-refractivity contribution in [2.75, 3.05) is 12.5 Å². The lowest BCUT2D eigenvalue weighted by Crippen LogP contribution is -1.97. The Morgan fingerprint density at radius 3 is 2.40 bits per heavy atom. The zero-order valence-corrected chi connectivity index (χ0v) is 20.4. The zero-order chi connectivity index (χ0) is 24.8. The molecule has 0 saturated carbocycles. The third-order valence-electron chi connectivity index (χ3n) is 5.89. The molecule has 0 saturated heterocycles. The van der Waals surface area contributed by atoms with Gasteiger partial charge in [-0.25, -0.2) is 8.48 Å². The lowest BCUT2D eigenvalue weighted by molar-refractivity contribution is -0.193. The number of aliphatic hydroxyl groups excluding tert-OH is 1. The predicted molar refractivity (Wildman–Crippen MR) is 138 cm³/mol. The summed E-state index contributed by atoms with van der Waals surface area (Å²) in [7, 11) is 0. The second kappa shape index (κ2) is 11.5. The maximum Gasteiger partial charge on any atom is 0.183 e. The number of benzene rings is 3. The third-order valence-corrected chi connectivity index (χ3v) is 6.80. The van der Waals surface area contributed by atoms with Crippen LogP contribution in [0.5, 0.6) is 0 Å². The van der Waals surface area contributed by atoms with Crippen LogP contribution >= 0.6 is 11.9 Å². The average Bonchev–Trinajstić information content (AvgIpc) is 3.38. The Morgan fingerprint density at radius 2 is 1.69 bits per heavy atom. The molecule has 0 amide bonds. The Labute approximate surface area is 207 Å². The van der Waals surface area contributed by atoms with E-state index >= 15 is 0 Å². The van der Waals surface area contributed by atoms with E-state index in [0.29, 0.717) is 0 Å². The zero-order valence-electron chi connectivity index (χ0n) is 19.6. The molecule has 2 heterocycles. The van der Waals surface area contributed by atoms with Crippen LogP contribution in [0.15, 0.2) is 72.8 Å². The standard InChI is InChI=1S/C26H24FN3S.CH3FO2/c1-3-29-18(2)25(22-17-20(27)13-14-23(22)29)26-21-11-7-8-12-24(21)30(28-26)31-16-15-19-9-5-4-6-10-19;2-4-1-3/h4-14,17H,3,15-16H2,1-2H3;3H,1H2. The van der Waals surface area contributed by atoms with Gasteiger partial charge in [0.1, 0.15) is 11.5 Å². The molecule has 0 aliphatic rings. The van der Waals surface area contributed by atoms with Crippen LogP contribution in [0.25, 0.3) is 33.1 Å². The van der Waals surface area contributed by atoms with Gasteiger partial charge in [-0.2, -0.15) is 10.0 Å². The number of hydrogen-bond acceptors (Lipinski definition) is 4. The summed E-state index contributed by atoms with van der Waals surface area (Å²) in [5.74, 6) is 0.711. The fourth-order valence-electron chi connectivity index (χ4n) is 4.38. The minimum atomic E-state index is -0.847. The molecule has 5 rings (SSSR count). The second-order valence-corrected chi connectivity index (χ2v) is 8.92. The smallest absolute Gasteiger partial charge is 0.183 e. The predicted octanol–water partition coefficient (Wildman–Crippen LogP) is 6.70. The number of fused-ring (bicyclic) bond motifs is 2. The van der Waals surface area contributed by atoms with E-state index < -0.39 is 6.79 Å². The van der Waals surface area contributed by atoms with Gasteiger partial charge in [0.15, 0.2) is 6.79 Å². The number of nitrogens with zero attached hydrogens (tertiary/aromatic N) is 3. The monoisotopic (exact) mass is 495 g/mol. The molecule has 1 N–H and O–H groups in total. The number of halogens is 2. The van der Waals surface area contributed by atoms with Crippen LogP contribution in [-0.4, -0.2) is 31.4 Å². The lowest BCUT2D eigenvalue weighted by Gasteiger charge is -2.04. The molecule has 0 radical (unpaired) electrons. The molecule has 3 aromatic carbocycles. The van der Waals surface area contributed by atoms with Gasteiger partial charge in [0.25, 0.3) is 0 Å². The maximum atomic E-state index is 14.2. The van der Waals surface area contributed by atoms with E-state index in [1.807, 2.05) is 28.4 Å². The van der Waals surface area contributed by atoms with Crippen molar-refractivity contribution in [3.63, 3.8) is 0 Å².